The molecule has 0 aliphatic heterocycles. The van der Waals surface area contributed by atoms with Crippen LogP contribution < -0.4 is 4.72 Å². The van der Waals surface area contributed by atoms with Crippen molar-refractivity contribution in [3.05, 3.63) is 53.6 Å². The molecule has 2 aromatic carbocycles. The van der Waals surface area contributed by atoms with Crippen LogP contribution in [0.5, 0.6) is 5.75 Å². The molecule has 0 aliphatic rings. The van der Waals surface area contributed by atoms with Gasteiger partial charge < -0.3 is 10.0 Å². The number of sulfonamides is 1. The molecular weight excluding hydrogens is 316 g/mol. The van der Waals surface area contributed by atoms with Crippen molar-refractivity contribution >= 4 is 21.6 Å². The summed E-state index contributed by atoms with van der Waals surface area (Å²) >= 11 is 0. The normalized spacial score (nSPS) is 11.1. The van der Waals surface area contributed by atoms with E-state index in [1.807, 2.05) is 6.92 Å². The molecule has 0 unspecified atom stereocenters. The number of rotatable bonds is 4. The Hall–Kier alpha value is -2.54. The summed E-state index contributed by atoms with van der Waals surface area (Å²) in [6, 6.07) is 10.4. The van der Waals surface area contributed by atoms with Crippen molar-refractivity contribution in [1.29, 1.82) is 0 Å². The Morgan fingerprint density at radius 1 is 1.09 bits per heavy atom. The number of hydrogen-bond donors (Lipinski definition) is 2. The molecule has 2 rings (SSSR count). The number of phenols is 1. The zero-order valence-electron chi connectivity index (χ0n) is 13.1. The van der Waals surface area contributed by atoms with E-state index in [2.05, 4.69) is 4.72 Å². The fourth-order valence-corrected chi connectivity index (χ4v) is 3.00. The largest absolute Gasteiger partial charge is 0.507 e. The van der Waals surface area contributed by atoms with Crippen LogP contribution in [0.3, 0.4) is 0 Å². The summed E-state index contributed by atoms with van der Waals surface area (Å²) in [5.74, 6) is -0.650. The Balaban J connectivity index is 2.28. The third kappa shape index (κ3) is 3.81. The van der Waals surface area contributed by atoms with Crippen molar-refractivity contribution < 1.29 is 18.3 Å². The smallest absolute Gasteiger partial charge is 0.261 e. The molecule has 0 fully saturated rings. The second kappa shape index (κ2) is 6.29. The molecule has 0 aliphatic carbocycles. The Kier molecular flexibility index (Phi) is 4.60. The second-order valence-electron chi connectivity index (χ2n) is 5.35. The number of hydrogen-bond acceptors (Lipinski definition) is 4. The molecule has 23 heavy (non-hydrogen) atoms. The Labute approximate surface area is 135 Å². The zero-order chi connectivity index (χ0) is 17.2. The quantitative estimate of drug-likeness (QED) is 0.897. The number of anilines is 1. The van der Waals surface area contributed by atoms with E-state index in [1.54, 1.807) is 26.2 Å². The maximum atomic E-state index is 12.3. The minimum absolute atomic E-state index is 0.105. The number of aromatic hydroxyl groups is 1. The van der Waals surface area contributed by atoms with Gasteiger partial charge in [-0.15, -0.1) is 0 Å². The maximum Gasteiger partial charge on any atom is 0.261 e. The van der Waals surface area contributed by atoms with Gasteiger partial charge in [-0.1, -0.05) is 17.7 Å². The van der Waals surface area contributed by atoms with E-state index in [0.29, 0.717) is 0 Å². The molecule has 6 nitrogen and oxygen atoms in total. The minimum atomic E-state index is -3.75. The fraction of sp³-hybridized carbons (Fsp3) is 0.188. The van der Waals surface area contributed by atoms with Gasteiger partial charge in [0.1, 0.15) is 5.75 Å². The van der Waals surface area contributed by atoms with Crippen LogP contribution in [0.25, 0.3) is 0 Å². The van der Waals surface area contributed by atoms with Gasteiger partial charge in [0.15, 0.2) is 0 Å². The van der Waals surface area contributed by atoms with Crippen molar-refractivity contribution in [2.45, 2.75) is 11.8 Å². The van der Waals surface area contributed by atoms with Crippen LogP contribution in [0.2, 0.25) is 0 Å². The SMILES string of the molecule is Cc1ccc(S(=O)(=O)Nc2ccc(C(=O)N(C)C)c(O)c2)cc1. The van der Waals surface area contributed by atoms with Crippen molar-refractivity contribution in [2.24, 2.45) is 0 Å². The number of benzene rings is 2. The summed E-state index contributed by atoms with van der Waals surface area (Å²) in [7, 11) is -0.622. The lowest BCUT2D eigenvalue weighted by Gasteiger charge is -2.13. The lowest BCUT2D eigenvalue weighted by Crippen LogP contribution is -2.21. The number of phenolic OH excluding ortho intramolecular Hbond substituents is 1. The molecular formula is C16H18N2O4S. The predicted octanol–water partition coefficient (Wildman–Crippen LogP) is 2.20. The van der Waals surface area contributed by atoms with E-state index in [0.717, 1.165) is 5.56 Å². The third-order valence-corrected chi connectivity index (χ3v) is 4.62. The predicted molar refractivity (Wildman–Crippen MR) is 88.1 cm³/mol. The molecule has 0 bridgehead atoms. The van der Waals surface area contributed by atoms with Gasteiger partial charge >= 0.3 is 0 Å². The molecule has 7 heteroatoms. The highest BCUT2D eigenvalue weighted by Gasteiger charge is 2.17. The van der Waals surface area contributed by atoms with Crippen LogP contribution in [0.4, 0.5) is 5.69 Å². The molecule has 2 N–H and O–H groups in total. The molecule has 0 saturated carbocycles. The Morgan fingerprint density at radius 3 is 2.22 bits per heavy atom. The average molecular weight is 334 g/mol. The first-order valence-electron chi connectivity index (χ1n) is 6.85. The maximum absolute atomic E-state index is 12.3. The standard InChI is InChI=1S/C16H18N2O4S/c1-11-4-7-13(8-5-11)23(21,22)17-12-6-9-14(15(19)10-12)16(20)18(2)3/h4-10,17,19H,1-3H3. The molecule has 0 saturated heterocycles. The number of nitrogens with zero attached hydrogens (tertiary/aromatic N) is 1. The molecule has 0 atom stereocenters. The molecule has 0 radical (unpaired) electrons. The van der Waals surface area contributed by atoms with Gasteiger partial charge in [-0.05, 0) is 31.2 Å². The van der Waals surface area contributed by atoms with Crippen molar-refractivity contribution in [3.8, 4) is 5.75 Å². The van der Waals surface area contributed by atoms with E-state index < -0.39 is 10.0 Å². The Morgan fingerprint density at radius 2 is 1.70 bits per heavy atom. The highest BCUT2D eigenvalue weighted by atomic mass is 32.2. The third-order valence-electron chi connectivity index (χ3n) is 3.22. The number of carbonyl (C=O) groups excluding carboxylic acids is 1. The van der Waals surface area contributed by atoms with Gasteiger partial charge in [0, 0.05) is 20.2 Å². The number of nitrogens with one attached hydrogen (secondary N) is 1. The van der Waals surface area contributed by atoms with Crippen LogP contribution in [0.1, 0.15) is 15.9 Å². The van der Waals surface area contributed by atoms with Gasteiger partial charge in [-0.3, -0.25) is 9.52 Å². The summed E-state index contributed by atoms with van der Waals surface area (Å²) < 4.78 is 26.9. The van der Waals surface area contributed by atoms with Crippen LogP contribution in [-0.2, 0) is 10.0 Å². The van der Waals surface area contributed by atoms with E-state index >= 15 is 0 Å². The van der Waals surface area contributed by atoms with Crippen molar-refractivity contribution in [3.63, 3.8) is 0 Å². The van der Waals surface area contributed by atoms with E-state index in [1.165, 1.54) is 35.2 Å². The first kappa shape index (κ1) is 16.8. The lowest BCUT2D eigenvalue weighted by molar-refractivity contribution is 0.0824. The summed E-state index contributed by atoms with van der Waals surface area (Å²) in [6.45, 7) is 1.86. The van der Waals surface area contributed by atoms with E-state index in [4.69, 9.17) is 0 Å². The summed E-state index contributed by atoms with van der Waals surface area (Å²) in [5.41, 5.74) is 1.24. The van der Waals surface area contributed by atoms with Crippen molar-refractivity contribution in [1.82, 2.24) is 4.90 Å². The Bertz CT molecular complexity index is 828. The van der Waals surface area contributed by atoms with Gasteiger partial charge in [0.25, 0.3) is 15.9 Å². The first-order chi connectivity index (χ1) is 10.7. The van der Waals surface area contributed by atoms with Gasteiger partial charge in [-0.2, -0.15) is 0 Å². The number of carbonyl (C=O) groups is 1. The monoisotopic (exact) mass is 334 g/mol. The highest BCUT2D eigenvalue weighted by Crippen LogP contribution is 2.25. The van der Waals surface area contributed by atoms with E-state index in [-0.39, 0.29) is 27.8 Å². The van der Waals surface area contributed by atoms with Crippen LogP contribution in [0.15, 0.2) is 47.4 Å². The highest BCUT2D eigenvalue weighted by molar-refractivity contribution is 7.92. The van der Waals surface area contributed by atoms with Gasteiger partial charge in [0.2, 0.25) is 0 Å². The molecule has 1 amide bonds. The molecule has 122 valence electrons. The fourth-order valence-electron chi connectivity index (χ4n) is 1.95. The summed E-state index contributed by atoms with van der Waals surface area (Å²) in [4.78, 5) is 13.3. The first-order valence-corrected chi connectivity index (χ1v) is 8.33. The zero-order valence-corrected chi connectivity index (χ0v) is 13.9. The second-order valence-corrected chi connectivity index (χ2v) is 7.03. The number of aryl methyl sites for hydroxylation is 1. The van der Waals surface area contributed by atoms with Gasteiger partial charge in [-0.25, -0.2) is 8.42 Å². The van der Waals surface area contributed by atoms with Gasteiger partial charge in [0.05, 0.1) is 16.1 Å². The summed E-state index contributed by atoms with van der Waals surface area (Å²) in [6.07, 6.45) is 0. The summed E-state index contributed by atoms with van der Waals surface area (Å²) in [5, 5.41) is 9.93. The molecule has 0 heterocycles. The van der Waals surface area contributed by atoms with Crippen molar-refractivity contribution in [2.75, 3.05) is 18.8 Å². The topological polar surface area (TPSA) is 86.7 Å². The average Bonchev–Trinajstić information content (AvgIpc) is 2.46. The van der Waals surface area contributed by atoms with E-state index in [9.17, 15) is 18.3 Å². The van der Waals surface area contributed by atoms with Crippen LogP contribution >= 0.6 is 0 Å². The number of amides is 1. The molecule has 0 aromatic heterocycles. The molecule has 0 spiro atoms. The van der Waals surface area contributed by atoms with Crippen LogP contribution in [-0.4, -0.2) is 38.4 Å². The minimum Gasteiger partial charge on any atom is -0.507 e. The van der Waals surface area contributed by atoms with Crippen LogP contribution in [0, 0.1) is 6.92 Å². The molecule has 2 aromatic rings. The lowest BCUT2D eigenvalue weighted by atomic mass is 10.1.